The molecule has 14 heteroatoms. The number of ether oxygens (including phenoxy) is 1. The van der Waals surface area contributed by atoms with E-state index in [0.29, 0.717) is 13.1 Å². The van der Waals surface area contributed by atoms with Gasteiger partial charge in [0.05, 0.1) is 27.9 Å². The van der Waals surface area contributed by atoms with E-state index in [0.717, 1.165) is 31.9 Å². The molecule has 3 aromatic rings. The summed E-state index contributed by atoms with van der Waals surface area (Å²) >= 11 is 0. The van der Waals surface area contributed by atoms with Gasteiger partial charge >= 0.3 is 6.18 Å². The Labute approximate surface area is 254 Å². The Bertz CT molecular complexity index is 1650. The molecule has 4 heterocycles. The van der Waals surface area contributed by atoms with Gasteiger partial charge in [-0.25, -0.2) is 26.9 Å². The first kappa shape index (κ1) is 31.6. The predicted molar refractivity (Wildman–Crippen MR) is 154 cm³/mol. The molecule has 3 atom stereocenters. The SMILES string of the molecule is Cc1cc(N)c(F)c(-c2c(F)cc3c(N4C[C@H]5CC[C@@H](C4)N5)cc(OCC4(C)CN(C)CCC4(F)F)nc3c2F)c1C(F)(F)F. The minimum Gasteiger partial charge on any atom is -0.477 e. The number of hydrogen-bond acceptors (Lipinski definition) is 6. The Kier molecular flexibility index (Phi) is 7.62. The van der Waals surface area contributed by atoms with Crippen LogP contribution in [0.15, 0.2) is 18.2 Å². The molecule has 0 aliphatic carbocycles. The molecule has 0 saturated carbocycles. The van der Waals surface area contributed by atoms with E-state index in [1.807, 2.05) is 4.90 Å². The molecule has 3 saturated heterocycles. The van der Waals surface area contributed by atoms with Gasteiger partial charge in [0.25, 0.3) is 5.92 Å². The molecular formula is C31H33F8N5O. The lowest BCUT2D eigenvalue weighted by molar-refractivity contribution is -0.168. The maximum Gasteiger partial charge on any atom is 0.417 e. The summed E-state index contributed by atoms with van der Waals surface area (Å²) in [5, 5.41) is 3.37. The molecule has 6 rings (SSSR count). The van der Waals surface area contributed by atoms with Crippen LogP contribution in [0.2, 0.25) is 0 Å². The first-order valence-electron chi connectivity index (χ1n) is 14.7. The number of anilines is 2. The Morgan fingerprint density at radius 3 is 2.36 bits per heavy atom. The zero-order valence-corrected chi connectivity index (χ0v) is 24.9. The van der Waals surface area contributed by atoms with E-state index in [9.17, 15) is 13.2 Å². The van der Waals surface area contributed by atoms with Gasteiger partial charge in [0, 0.05) is 61.7 Å². The largest absolute Gasteiger partial charge is 0.477 e. The van der Waals surface area contributed by atoms with Crippen LogP contribution in [0.3, 0.4) is 0 Å². The molecular weight excluding hydrogens is 610 g/mol. The number of halogens is 8. The third-order valence-electron chi connectivity index (χ3n) is 9.38. The first-order valence-corrected chi connectivity index (χ1v) is 14.7. The zero-order chi connectivity index (χ0) is 32.6. The van der Waals surface area contributed by atoms with E-state index in [4.69, 9.17) is 10.5 Å². The third kappa shape index (κ3) is 5.43. The highest BCUT2D eigenvalue weighted by Gasteiger charge is 2.53. The monoisotopic (exact) mass is 643 g/mol. The number of fused-ring (bicyclic) bond motifs is 3. The average Bonchev–Trinajstić information content (AvgIpc) is 3.28. The molecule has 2 bridgehead atoms. The first-order chi connectivity index (χ1) is 21.0. The highest BCUT2D eigenvalue weighted by Crippen LogP contribution is 2.47. The molecule has 0 radical (unpaired) electrons. The number of hydrogen-bond donors (Lipinski definition) is 2. The normalized spacial score (nSPS) is 25.3. The van der Waals surface area contributed by atoms with Crippen molar-refractivity contribution in [1.29, 1.82) is 0 Å². The molecule has 45 heavy (non-hydrogen) atoms. The number of alkyl halides is 5. The van der Waals surface area contributed by atoms with Crippen molar-refractivity contribution in [3.05, 3.63) is 46.8 Å². The number of nitrogen functional groups attached to an aromatic ring is 1. The molecule has 244 valence electrons. The Morgan fingerprint density at radius 1 is 1.04 bits per heavy atom. The predicted octanol–water partition coefficient (Wildman–Crippen LogP) is 6.53. The maximum absolute atomic E-state index is 16.5. The van der Waals surface area contributed by atoms with E-state index in [1.54, 1.807) is 11.9 Å². The number of aromatic nitrogens is 1. The highest BCUT2D eigenvalue weighted by atomic mass is 19.4. The van der Waals surface area contributed by atoms with Gasteiger partial charge < -0.3 is 25.6 Å². The number of piperidine rings is 1. The molecule has 3 aliphatic rings. The van der Waals surface area contributed by atoms with Gasteiger partial charge in [0.15, 0.2) is 11.6 Å². The molecule has 6 nitrogen and oxygen atoms in total. The van der Waals surface area contributed by atoms with E-state index in [2.05, 4.69) is 10.3 Å². The van der Waals surface area contributed by atoms with Crippen LogP contribution in [0.1, 0.15) is 37.3 Å². The molecule has 3 N–H and O–H groups in total. The van der Waals surface area contributed by atoms with E-state index < -0.39 is 81.5 Å². The number of rotatable bonds is 5. The van der Waals surface area contributed by atoms with Gasteiger partial charge in [0.2, 0.25) is 5.88 Å². The Morgan fingerprint density at radius 2 is 1.71 bits per heavy atom. The van der Waals surface area contributed by atoms with Gasteiger partial charge in [0.1, 0.15) is 17.9 Å². The zero-order valence-electron chi connectivity index (χ0n) is 24.9. The van der Waals surface area contributed by atoms with Crippen LogP contribution in [0.25, 0.3) is 22.0 Å². The van der Waals surface area contributed by atoms with Crippen molar-refractivity contribution in [3.8, 4) is 17.0 Å². The fourth-order valence-corrected chi connectivity index (χ4v) is 7.04. The number of nitrogens with two attached hydrogens (primary N) is 1. The molecule has 3 fully saturated rings. The van der Waals surface area contributed by atoms with Crippen LogP contribution in [-0.2, 0) is 6.18 Å². The van der Waals surface area contributed by atoms with Gasteiger partial charge in [-0.1, -0.05) is 0 Å². The van der Waals surface area contributed by atoms with Crippen molar-refractivity contribution in [2.75, 3.05) is 50.5 Å². The minimum absolute atomic E-state index is 0.000407. The number of pyridine rings is 1. The number of piperazine rings is 1. The van der Waals surface area contributed by atoms with Gasteiger partial charge in [-0.15, -0.1) is 0 Å². The lowest BCUT2D eigenvalue weighted by Crippen LogP contribution is -2.55. The Balaban J connectivity index is 1.54. The minimum atomic E-state index is -5.18. The molecule has 3 aliphatic heterocycles. The van der Waals surface area contributed by atoms with Gasteiger partial charge in [-0.05, 0) is 51.4 Å². The summed E-state index contributed by atoms with van der Waals surface area (Å²) in [6.07, 6.45) is -3.84. The van der Waals surface area contributed by atoms with Crippen LogP contribution >= 0.6 is 0 Å². The summed E-state index contributed by atoms with van der Waals surface area (Å²) in [5.74, 6) is -7.99. The smallest absolute Gasteiger partial charge is 0.417 e. The lowest BCUT2D eigenvalue weighted by Gasteiger charge is -2.44. The number of benzene rings is 2. The Hall–Kier alpha value is -3.39. The maximum atomic E-state index is 16.5. The van der Waals surface area contributed by atoms with E-state index in [1.165, 1.54) is 13.0 Å². The topological polar surface area (TPSA) is 66.7 Å². The van der Waals surface area contributed by atoms with Gasteiger partial charge in [-0.3, -0.25) is 0 Å². The van der Waals surface area contributed by atoms with Crippen molar-refractivity contribution in [2.45, 2.75) is 57.3 Å². The number of nitrogens with one attached hydrogen (secondary N) is 1. The van der Waals surface area contributed by atoms with Crippen LogP contribution < -0.4 is 20.7 Å². The summed E-state index contributed by atoms with van der Waals surface area (Å²) in [4.78, 5) is 7.77. The summed E-state index contributed by atoms with van der Waals surface area (Å²) in [7, 11) is 1.70. The van der Waals surface area contributed by atoms with E-state index in [-0.39, 0.29) is 42.1 Å². The molecule has 1 aromatic heterocycles. The second-order valence-electron chi connectivity index (χ2n) is 12.9. The molecule has 0 amide bonds. The lowest BCUT2D eigenvalue weighted by atomic mass is 9.79. The van der Waals surface area contributed by atoms with Crippen molar-refractivity contribution >= 4 is 22.3 Å². The van der Waals surface area contributed by atoms with Crippen LogP contribution in [0.5, 0.6) is 5.88 Å². The standard InChI is InChI=1S/C31H33F8N5O/c1-15-8-20(40)26(33)24(25(15)31(37,38)39)23-19(32)9-18-21(44-11-16-4-5-17(12-44)41-16)10-22(42-28(18)27(23)34)45-14-29(2)13-43(3)7-6-30(29,35)36/h8-10,16-17,41H,4-7,11-14,40H2,1-3H3/t16-,17+,29?. The summed E-state index contributed by atoms with van der Waals surface area (Å²) < 4.78 is 126. The van der Waals surface area contributed by atoms with Crippen molar-refractivity contribution in [3.63, 3.8) is 0 Å². The fraction of sp³-hybridized carbons (Fsp3) is 0.516. The highest BCUT2D eigenvalue weighted by molar-refractivity contribution is 5.96. The van der Waals surface area contributed by atoms with Crippen LogP contribution in [0, 0.1) is 29.8 Å². The fourth-order valence-electron chi connectivity index (χ4n) is 7.04. The molecule has 2 aromatic carbocycles. The van der Waals surface area contributed by atoms with Gasteiger partial charge in [-0.2, -0.15) is 13.2 Å². The summed E-state index contributed by atoms with van der Waals surface area (Å²) in [5.41, 5.74) is -1.81. The number of likely N-dealkylation sites (tertiary alicyclic amines) is 1. The van der Waals surface area contributed by atoms with Crippen molar-refractivity contribution < 1.29 is 39.9 Å². The van der Waals surface area contributed by atoms with Crippen LogP contribution in [0.4, 0.5) is 46.5 Å². The second kappa shape index (κ2) is 10.9. The third-order valence-corrected chi connectivity index (χ3v) is 9.38. The van der Waals surface area contributed by atoms with Crippen molar-refractivity contribution in [2.24, 2.45) is 5.41 Å². The number of nitrogens with zero attached hydrogens (tertiary/aromatic N) is 3. The van der Waals surface area contributed by atoms with Crippen molar-refractivity contribution in [1.82, 2.24) is 15.2 Å². The number of aryl methyl sites for hydroxylation is 1. The second-order valence-corrected chi connectivity index (χ2v) is 12.9. The summed E-state index contributed by atoms with van der Waals surface area (Å²) in [6, 6.07) is 3.15. The quantitative estimate of drug-likeness (QED) is 0.244. The molecule has 1 unspecified atom stereocenters. The molecule has 0 spiro atoms. The van der Waals surface area contributed by atoms with Crippen LogP contribution in [-0.4, -0.2) is 67.7 Å². The average molecular weight is 644 g/mol. The van der Waals surface area contributed by atoms with E-state index >= 15 is 22.0 Å². The summed E-state index contributed by atoms with van der Waals surface area (Å²) in [6.45, 7) is 2.95.